The van der Waals surface area contributed by atoms with Crippen LogP contribution in [0.4, 0.5) is 4.39 Å². The molecule has 0 saturated heterocycles. The zero-order chi connectivity index (χ0) is 13.7. The maximum Gasteiger partial charge on any atom is 0.163 e. The lowest BCUT2D eigenvalue weighted by molar-refractivity contribution is -0.0524. The van der Waals surface area contributed by atoms with Gasteiger partial charge in [0.1, 0.15) is 5.82 Å². The van der Waals surface area contributed by atoms with Gasteiger partial charge in [0.15, 0.2) is 5.78 Å². The molecule has 0 atom stereocenters. The number of benzene rings is 1. The zero-order valence-electron chi connectivity index (χ0n) is 11.8. The van der Waals surface area contributed by atoms with E-state index >= 15 is 0 Å². The standard InChI is InChI=1S/C18H21FO/c19-16-3-1-2-15(7-16)17(20)11-18-8-12-4-13(9-18)6-14(5-12)10-18/h1-3,7,12-14H,4-6,8-11H2. The van der Waals surface area contributed by atoms with Crippen LogP contribution in [0.25, 0.3) is 0 Å². The van der Waals surface area contributed by atoms with E-state index in [1.54, 1.807) is 12.1 Å². The number of carbonyl (C=O) groups excluding carboxylic acids is 1. The van der Waals surface area contributed by atoms with Crippen molar-refractivity contribution in [3.8, 4) is 0 Å². The number of hydrogen-bond donors (Lipinski definition) is 0. The number of ketones is 1. The molecule has 1 nitrogen and oxygen atoms in total. The van der Waals surface area contributed by atoms with Crippen LogP contribution in [-0.4, -0.2) is 5.78 Å². The van der Waals surface area contributed by atoms with E-state index in [2.05, 4.69) is 0 Å². The Labute approximate surface area is 119 Å². The molecule has 20 heavy (non-hydrogen) atoms. The first kappa shape index (κ1) is 12.6. The zero-order valence-corrected chi connectivity index (χ0v) is 11.8. The minimum Gasteiger partial charge on any atom is -0.294 e. The molecule has 4 fully saturated rings. The fraction of sp³-hybridized carbons (Fsp3) is 0.611. The second kappa shape index (κ2) is 4.41. The number of rotatable bonds is 3. The van der Waals surface area contributed by atoms with Crippen LogP contribution in [0.1, 0.15) is 55.3 Å². The van der Waals surface area contributed by atoms with Crippen molar-refractivity contribution < 1.29 is 9.18 Å². The van der Waals surface area contributed by atoms with Crippen LogP contribution in [0.15, 0.2) is 24.3 Å². The first-order valence-corrected chi connectivity index (χ1v) is 7.91. The van der Waals surface area contributed by atoms with Gasteiger partial charge in [-0.25, -0.2) is 4.39 Å². The molecule has 2 heteroatoms. The Hall–Kier alpha value is -1.18. The third-order valence-corrected chi connectivity index (χ3v) is 5.85. The maximum absolute atomic E-state index is 13.3. The van der Waals surface area contributed by atoms with Gasteiger partial charge in [-0.1, -0.05) is 12.1 Å². The highest BCUT2D eigenvalue weighted by molar-refractivity contribution is 5.96. The average Bonchev–Trinajstić information content (AvgIpc) is 2.36. The second-order valence-electron chi connectivity index (χ2n) is 7.53. The van der Waals surface area contributed by atoms with Gasteiger partial charge in [-0.2, -0.15) is 0 Å². The number of Topliss-reactive ketones (excluding diaryl/α,β-unsaturated/α-hetero) is 1. The molecular weight excluding hydrogens is 251 g/mol. The van der Waals surface area contributed by atoms with Crippen LogP contribution < -0.4 is 0 Å². The highest BCUT2D eigenvalue weighted by atomic mass is 19.1. The lowest BCUT2D eigenvalue weighted by Crippen LogP contribution is -2.46. The molecule has 1 aromatic carbocycles. The molecule has 0 unspecified atom stereocenters. The molecule has 0 radical (unpaired) electrons. The monoisotopic (exact) mass is 272 g/mol. The smallest absolute Gasteiger partial charge is 0.163 e. The SMILES string of the molecule is O=C(CC12CC3CC(CC(C3)C1)C2)c1cccc(F)c1. The number of hydrogen-bond acceptors (Lipinski definition) is 1. The molecule has 5 rings (SSSR count). The van der Waals surface area contributed by atoms with E-state index in [1.165, 1.54) is 50.7 Å². The summed E-state index contributed by atoms with van der Waals surface area (Å²) in [6, 6.07) is 6.19. The third kappa shape index (κ3) is 2.10. The van der Waals surface area contributed by atoms with Gasteiger partial charge in [-0.3, -0.25) is 4.79 Å². The van der Waals surface area contributed by atoms with Crippen molar-refractivity contribution in [2.24, 2.45) is 23.2 Å². The topological polar surface area (TPSA) is 17.1 Å². The fourth-order valence-electron chi connectivity index (χ4n) is 5.61. The highest BCUT2D eigenvalue weighted by Gasteiger charge is 2.51. The summed E-state index contributed by atoms with van der Waals surface area (Å²) in [4.78, 5) is 12.5. The first-order chi connectivity index (χ1) is 9.62. The van der Waals surface area contributed by atoms with Crippen molar-refractivity contribution in [2.75, 3.05) is 0 Å². The second-order valence-corrected chi connectivity index (χ2v) is 7.53. The molecule has 4 bridgehead atoms. The largest absolute Gasteiger partial charge is 0.294 e. The van der Waals surface area contributed by atoms with E-state index in [1.807, 2.05) is 0 Å². The Morgan fingerprint density at radius 2 is 1.70 bits per heavy atom. The van der Waals surface area contributed by atoms with Crippen LogP contribution in [0.5, 0.6) is 0 Å². The minimum absolute atomic E-state index is 0.145. The highest BCUT2D eigenvalue weighted by Crippen LogP contribution is 2.61. The molecule has 0 amide bonds. The Bertz CT molecular complexity index is 513. The van der Waals surface area contributed by atoms with Gasteiger partial charge in [0.25, 0.3) is 0 Å². The van der Waals surface area contributed by atoms with E-state index in [0.29, 0.717) is 12.0 Å². The summed E-state index contributed by atoms with van der Waals surface area (Å²) in [5, 5.41) is 0. The third-order valence-electron chi connectivity index (χ3n) is 5.85. The Balaban J connectivity index is 1.55. The fourth-order valence-corrected chi connectivity index (χ4v) is 5.61. The lowest BCUT2D eigenvalue weighted by atomic mass is 9.48. The van der Waals surface area contributed by atoms with Crippen molar-refractivity contribution in [1.82, 2.24) is 0 Å². The van der Waals surface area contributed by atoms with Crippen molar-refractivity contribution in [3.63, 3.8) is 0 Å². The summed E-state index contributed by atoms with van der Waals surface area (Å²) in [6.45, 7) is 0. The Morgan fingerprint density at radius 3 is 2.25 bits per heavy atom. The van der Waals surface area contributed by atoms with E-state index < -0.39 is 0 Å². The number of halogens is 1. The van der Waals surface area contributed by atoms with Crippen LogP contribution in [0.3, 0.4) is 0 Å². The molecule has 0 spiro atoms. The first-order valence-electron chi connectivity index (χ1n) is 7.91. The maximum atomic E-state index is 13.3. The summed E-state index contributed by atoms with van der Waals surface area (Å²) < 4.78 is 13.3. The normalized spacial score (nSPS) is 38.1. The van der Waals surface area contributed by atoms with Crippen LogP contribution in [0, 0.1) is 29.0 Å². The van der Waals surface area contributed by atoms with E-state index in [0.717, 1.165) is 17.8 Å². The minimum atomic E-state index is -0.304. The van der Waals surface area contributed by atoms with E-state index in [4.69, 9.17) is 0 Å². The molecule has 106 valence electrons. The number of carbonyl (C=O) groups is 1. The summed E-state index contributed by atoms with van der Waals surface area (Å²) in [5.74, 6) is 2.43. The van der Waals surface area contributed by atoms with Crippen molar-refractivity contribution in [2.45, 2.75) is 44.9 Å². The quantitative estimate of drug-likeness (QED) is 0.734. The van der Waals surface area contributed by atoms with Gasteiger partial charge in [0.2, 0.25) is 0 Å². The molecule has 4 aliphatic rings. The molecule has 0 heterocycles. The van der Waals surface area contributed by atoms with Gasteiger partial charge < -0.3 is 0 Å². The van der Waals surface area contributed by atoms with Crippen molar-refractivity contribution in [3.05, 3.63) is 35.6 Å². The van der Waals surface area contributed by atoms with Crippen LogP contribution in [-0.2, 0) is 0 Å². The summed E-state index contributed by atoms with van der Waals surface area (Å²) in [7, 11) is 0. The van der Waals surface area contributed by atoms with Crippen molar-refractivity contribution in [1.29, 1.82) is 0 Å². The van der Waals surface area contributed by atoms with E-state index in [9.17, 15) is 9.18 Å². The molecule has 0 aliphatic heterocycles. The molecule has 4 aliphatic carbocycles. The van der Waals surface area contributed by atoms with Crippen LogP contribution in [0.2, 0.25) is 0 Å². The van der Waals surface area contributed by atoms with Crippen molar-refractivity contribution >= 4 is 5.78 Å². The lowest BCUT2D eigenvalue weighted by Gasteiger charge is -2.56. The molecule has 1 aromatic rings. The molecule has 0 N–H and O–H groups in total. The van der Waals surface area contributed by atoms with Gasteiger partial charge in [0.05, 0.1) is 0 Å². The van der Waals surface area contributed by atoms with Gasteiger partial charge >= 0.3 is 0 Å². The predicted octanol–water partition coefficient (Wildman–Crippen LogP) is 4.61. The van der Waals surface area contributed by atoms with Gasteiger partial charge in [-0.15, -0.1) is 0 Å². The van der Waals surface area contributed by atoms with Gasteiger partial charge in [-0.05, 0) is 73.8 Å². The summed E-state index contributed by atoms with van der Waals surface area (Å²) in [6.07, 6.45) is 8.54. The van der Waals surface area contributed by atoms with Gasteiger partial charge in [0, 0.05) is 12.0 Å². The summed E-state index contributed by atoms with van der Waals surface area (Å²) in [5.41, 5.74) is 0.804. The average molecular weight is 272 g/mol. The predicted molar refractivity (Wildman–Crippen MR) is 76.0 cm³/mol. The Kier molecular flexibility index (Phi) is 2.77. The van der Waals surface area contributed by atoms with Crippen LogP contribution >= 0.6 is 0 Å². The van der Waals surface area contributed by atoms with E-state index in [-0.39, 0.29) is 17.0 Å². The summed E-state index contributed by atoms with van der Waals surface area (Å²) >= 11 is 0. The molecule has 4 saturated carbocycles. The molecular formula is C18H21FO. The Morgan fingerprint density at radius 1 is 1.10 bits per heavy atom. The molecule has 0 aromatic heterocycles.